The number of aromatic amines is 1. The standard InChI is InChI=1S/C22H26N4O6/c1-5-31-21(28)19-17(11-32-18(27)10-16-12(2)25-26-13(16)3)23-22(29)24-20(19)14-6-8-15(30-4)9-7-14/h6-9,20H,5,10-11H2,1-4H3,(H,25,26)(H2,23,24,29)/t20-/m1/s1. The van der Waals surface area contributed by atoms with Crippen LogP contribution >= 0.6 is 0 Å². The molecule has 1 aromatic heterocycles. The largest absolute Gasteiger partial charge is 0.497 e. The van der Waals surface area contributed by atoms with Crippen molar-refractivity contribution in [2.24, 2.45) is 0 Å². The number of rotatable bonds is 8. The van der Waals surface area contributed by atoms with Gasteiger partial charge in [-0.1, -0.05) is 12.1 Å². The minimum Gasteiger partial charge on any atom is -0.497 e. The molecule has 2 amide bonds. The van der Waals surface area contributed by atoms with Crippen LogP contribution in [0.2, 0.25) is 0 Å². The summed E-state index contributed by atoms with van der Waals surface area (Å²) in [6.07, 6.45) is 0.0181. The summed E-state index contributed by atoms with van der Waals surface area (Å²) in [5.41, 5.74) is 3.22. The molecule has 1 aliphatic rings. The molecule has 170 valence electrons. The zero-order valence-electron chi connectivity index (χ0n) is 18.4. The Kier molecular flexibility index (Phi) is 7.14. The van der Waals surface area contributed by atoms with E-state index in [1.807, 2.05) is 6.92 Å². The number of aryl methyl sites for hydroxylation is 2. The third-order valence-electron chi connectivity index (χ3n) is 5.08. The zero-order valence-corrected chi connectivity index (χ0v) is 18.4. The molecule has 32 heavy (non-hydrogen) atoms. The van der Waals surface area contributed by atoms with Crippen LogP contribution in [0.5, 0.6) is 5.75 Å². The van der Waals surface area contributed by atoms with Crippen LogP contribution in [0, 0.1) is 13.8 Å². The van der Waals surface area contributed by atoms with Crippen LogP contribution in [0.25, 0.3) is 0 Å². The molecular formula is C22H26N4O6. The number of esters is 2. The molecule has 2 heterocycles. The van der Waals surface area contributed by atoms with Gasteiger partial charge in [0.15, 0.2) is 0 Å². The van der Waals surface area contributed by atoms with E-state index in [4.69, 9.17) is 14.2 Å². The van der Waals surface area contributed by atoms with Crippen molar-refractivity contribution in [2.45, 2.75) is 33.2 Å². The van der Waals surface area contributed by atoms with E-state index in [0.29, 0.717) is 17.0 Å². The van der Waals surface area contributed by atoms with Crippen molar-refractivity contribution in [3.05, 3.63) is 58.1 Å². The number of carbonyl (C=O) groups is 3. The number of ether oxygens (including phenoxy) is 3. The topological polar surface area (TPSA) is 132 Å². The minimum absolute atomic E-state index is 0.0181. The third-order valence-corrected chi connectivity index (χ3v) is 5.08. The maximum atomic E-state index is 12.8. The average Bonchev–Trinajstić information content (AvgIpc) is 3.09. The molecule has 1 aliphatic heterocycles. The fraction of sp³-hybridized carbons (Fsp3) is 0.364. The van der Waals surface area contributed by atoms with Gasteiger partial charge in [-0.3, -0.25) is 9.89 Å². The highest BCUT2D eigenvalue weighted by Gasteiger charge is 2.34. The zero-order chi connectivity index (χ0) is 23.3. The first kappa shape index (κ1) is 22.9. The van der Waals surface area contributed by atoms with E-state index in [1.54, 1.807) is 45.2 Å². The van der Waals surface area contributed by atoms with Crippen molar-refractivity contribution in [2.75, 3.05) is 20.3 Å². The van der Waals surface area contributed by atoms with Gasteiger partial charge in [0.2, 0.25) is 0 Å². The fourth-order valence-corrected chi connectivity index (χ4v) is 3.41. The molecule has 1 aromatic carbocycles. The lowest BCUT2D eigenvalue weighted by atomic mass is 9.95. The fourth-order valence-electron chi connectivity index (χ4n) is 3.41. The Morgan fingerprint density at radius 1 is 1.12 bits per heavy atom. The summed E-state index contributed by atoms with van der Waals surface area (Å²) in [6, 6.07) is 5.63. The second-order valence-corrected chi connectivity index (χ2v) is 7.17. The van der Waals surface area contributed by atoms with E-state index in [2.05, 4.69) is 20.8 Å². The van der Waals surface area contributed by atoms with Crippen LogP contribution in [-0.2, 0) is 25.5 Å². The predicted octanol–water partition coefficient (Wildman–Crippen LogP) is 1.99. The Morgan fingerprint density at radius 3 is 2.44 bits per heavy atom. The molecule has 0 saturated carbocycles. The normalized spacial score (nSPS) is 15.6. The van der Waals surface area contributed by atoms with Gasteiger partial charge in [0, 0.05) is 11.3 Å². The first-order chi connectivity index (χ1) is 15.3. The highest BCUT2D eigenvalue weighted by molar-refractivity contribution is 5.95. The molecule has 0 radical (unpaired) electrons. The van der Waals surface area contributed by atoms with E-state index in [1.165, 1.54) is 0 Å². The molecule has 0 bridgehead atoms. The Morgan fingerprint density at radius 2 is 1.84 bits per heavy atom. The molecule has 2 aromatic rings. The van der Waals surface area contributed by atoms with Gasteiger partial charge in [-0.25, -0.2) is 9.59 Å². The van der Waals surface area contributed by atoms with Gasteiger partial charge >= 0.3 is 18.0 Å². The molecule has 10 heteroatoms. The quantitative estimate of drug-likeness (QED) is 0.533. The lowest BCUT2D eigenvalue weighted by Gasteiger charge is -2.29. The number of hydrogen-bond acceptors (Lipinski definition) is 7. The summed E-state index contributed by atoms with van der Waals surface area (Å²) >= 11 is 0. The Bertz CT molecular complexity index is 1020. The molecule has 0 fully saturated rings. The van der Waals surface area contributed by atoms with Crippen LogP contribution in [0.1, 0.15) is 35.5 Å². The lowest BCUT2D eigenvalue weighted by molar-refractivity contribution is -0.143. The Balaban J connectivity index is 1.86. The number of methoxy groups -OCH3 is 1. The highest BCUT2D eigenvalue weighted by atomic mass is 16.5. The van der Waals surface area contributed by atoms with E-state index in [0.717, 1.165) is 11.3 Å². The molecule has 0 saturated heterocycles. The summed E-state index contributed by atoms with van der Waals surface area (Å²) in [5.74, 6) is -0.495. The number of nitrogens with one attached hydrogen (secondary N) is 3. The van der Waals surface area contributed by atoms with Gasteiger partial charge < -0.3 is 24.8 Å². The Hall–Kier alpha value is -3.82. The number of urea groups is 1. The third kappa shape index (κ3) is 5.08. The van der Waals surface area contributed by atoms with Crippen LogP contribution in [-0.4, -0.2) is 48.5 Å². The molecular weight excluding hydrogens is 416 g/mol. The van der Waals surface area contributed by atoms with Crippen LogP contribution in [0.15, 0.2) is 35.5 Å². The van der Waals surface area contributed by atoms with Crippen molar-refractivity contribution in [1.29, 1.82) is 0 Å². The number of nitrogens with zero attached hydrogens (tertiary/aromatic N) is 1. The monoisotopic (exact) mass is 442 g/mol. The maximum absolute atomic E-state index is 12.8. The number of H-pyrrole nitrogens is 1. The summed E-state index contributed by atoms with van der Waals surface area (Å²) in [7, 11) is 1.55. The number of benzene rings is 1. The first-order valence-corrected chi connectivity index (χ1v) is 10.1. The molecule has 3 N–H and O–H groups in total. The van der Waals surface area contributed by atoms with Gasteiger partial charge in [-0.15, -0.1) is 0 Å². The lowest BCUT2D eigenvalue weighted by Crippen LogP contribution is -2.47. The Labute approximate surface area is 185 Å². The van der Waals surface area contributed by atoms with Crippen molar-refractivity contribution < 1.29 is 28.6 Å². The highest BCUT2D eigenvalue weighted by Crippen LogP contribution is 2.29. The van der Waals surface area contributed by atoms with Crippen LogP contribution < -0.4 is 15.4 Å². The van der Waals surface area contributed by atoms with Crippen molar-refractivity contribution >= 4 is 18.0 Å². The maximum Gasteiger partial charge on any atom is 0.338 e. The van der Waals surface area contributed by atoms with Crippen molar-refractivity contribution in [3.8, 4) is 5.75 Å². The van der Waals surface area contributed by atoms with Crippen molar-refractivity contribution in [1.82, 2.24) is 20.8 Å². The molecule has 0 aliphatic carbocycles. The van der Waals surface area contributed by atoms with Gasteiger partial charge in [0.25, 0.3) is 0 Å². The summed E-state index contributed by atoms with van der Waals surface area (Å²) < 4.78 is 15.8. The second kappa shape index (κ2) is 9.99. The van der Waals surface area contributed by atoms with Gasteiger partial charge in [0.05, 0.1) is 43.1 Å². The number of hydrogen-bond donors (Lipinski definition) is 3. The summed E-state index contributed by atoms with van der Waals surface area (Å²) in [4.78, 5) is 37.5. The molecule has 0 spiro atoms. The summed E-state index contributed by atoms with van der Waals surface area (Å²) in [5, 5.41) is 12.2. The number of amides is 2. The van der Waals surface area contributed by atoms with Crippen molar-refractivity contribution in [3.63, 3.8) is 0 Å². The van der Waals surface area contributed by atoms with E-state index in [9.17, 15) is 14.4 Å². The minimum atomic E-state index is -0.777. The number of aromatic nitrogens is 2. The molecule has 10 nitrogen and oxygen atoms in total. The molecule has 0 unspecified atom stereocenters. The van der Waals surface area contributed by atoms with Gasteiger partial charge in [-0.2, -0.15) is 5.10 Å². The summed E-state index contributed by atoms with van der Waals surface area (Å²) in [6.45, 7) is 5.15. The number of carbonyl (C=O) groups excluding carboxylic acids is 3. The predicted molar refractivity (Wildman–Crippen MR) is 114 cm³/mol. The van der Waals surface area contributed by atoms with Crippen LogP contribution in [0.3, 0.4) is 0 Å². The van der Waals surface area contributed by atoms with Gasteiger partial charge in [-0.05, 0) is 38.5 Å². The average molecular weight is 442 g/mol. The van der Waals surface area contributed by atoms with E-state index < -0.39 is 24.0 Å². The van der Waals surface area contributed by atoms with Gasteiger partial charge in [0.1, 0.15) is 12.4 Å². The van der Waals surface area contributed by atoms with E-state index >= 15 is 0 Å². The van der Waals surface area contributed by atoms with Crippen LogP contribution in [0.4, 0.5) is 4.79 Å². The first-order valence-electron chi connectivity index (χ1n) is 10.1. The molecule has 1 atom stereocenters. The second-order valence-electron chi connectivity index (χ2n) is 7.17. The van der Waals surface area contributed by atoms with E-state index in [-0.39, 0.29) is 30.9 Å². The molecule has 3 rings (SSSR count). The SMILES string of the molecule is CCOC(=O)C1=C(COC(=O)Cc2c(C)n[nH]c2C)NC(=O)N[C@@H]1c1ccc(OC)cc1. The smallest absolute Gasteiger partial charge is 0.338 e.